The third kappa shape index (κ3) is 5.42. The van der Waals surface area contributed by atoms with Crippen molar-refractivity contribution < 1.29 is 42.9 Å². The number of esters is 3. The molecule has 2 atom stereocenters. The molecule has 166 valence electrons. The zero-order valence-corrected chi connectivity index (χ0v) is 17.6. The molecule has 31 heavy (non-hydrogen) atoms. The molecule has 0 N–H and O–H groups in total. The van der Waals surface area contributed by atoms with Crippen LogP contribution in [0.5, 0.6) is 11.5 Å². The summed E-state index contributed by atoms with van der Waals surface area (Å²) < 4.78 is 27.5. The fourth-order valence-corrected chi connectivity index (χ4v) is 3.51. The molecule has 2 unspecified atom stereocenters. The molecule has 1 aliphatic heterocycles. The number of allylic oxidation sites excluding steroid dienone is 1. The summed E-state index contributed by atoms with van der Waals surface area (Å²) in [6.45, 7) is 4.08. The van der Waals surface area contributed by atoms with Gasteiger partial charge >= 0.3 is 17.9 Å². The topological polar surface area (TPSA) is 114 Å². The number of Topliss-reactive ketones (excluding diaryl/α,β-unsaturated/α-hetero) is 1. The van der Waals surface area contributed by atoms with Gasteiger partial charge in [0.2, 0.25) is 5.78 Å². The Kier molecular flexibility index (Phi) is 6.62. The number of ether oxygens (including phenoxy) is 5. The van der Waals surface area contributed by atoms with E-state index in [2.05, 4.69) is 0 Å². The van der Waals surface area contributed by atoms with Crippen molar-refractivity contribution in [2.45, 2.75) is 51.7 Å². The maximum absolute atomic E-state index is 12.4. The zero-order chi connectivity index (χ0) is 22.6. The smallest absolute Gasteiger partial charge is 0.308 e. The molecule has 1 heterocycles. The van der Waals surface area contributed by atoms with Gasteiger partial charge in [-0.2, -0.15) is 0 Å². The molecule has 0 radical (unpaired) electrons. The van der Waals surface area contributed by atoms with Crippen LogP contribution in [0.2, 0.25) is 0 Å². The second-order valence-corrected chi connectivity index (χ2v) is 7.35. The molecule has 0 amide bonds. The molecule has 0 fully saturated rings. The van der Waals surface area contributed by atoms with Gasteiger partial charge in [-0.25, -0.2) is 0 Å². The highest BCUT2D eigenvalue weighted by atomic mass is 16.6. The third-order valence-corrected chi connectivity index (χ3v) is 4.89. The molecule has 0 saturated carbocycles. The summed E-state index contributed by atoms with van der Waals surface area (Å²) in [6, 6.07) is 5.31. The second kappa shape index (κ2) is 9.20. The summed E-state index contributed by atoms with van der Waals surface area (Å²) in [5, 5.41) is 0. The minimum absolute atomic E-state index is 0.0225. The Balaban J connectivity index is 1.90. The normalized spacial score (nSPS) is 21.5. The SMILES string of the molecule is CC(=O)OCCc1ccc2c(c1)OC1(CCOC(C)=O)C=C(OC(C)=O)C(=O)CC1O2. The molecule has 0 saturated heterocycles. The molecule has 1 aromatic carbocycles. The fourth-order valence-electron chi connectivity index (χ4n) is 3.51. The standard InChI is InChI=1S/C22H24O9/c1-13(23)27-8-6-16-4-5-18-19(10-16)31-22(7-9-28-14(2)24)12-20(29-15(3)25)17(26)11-21(22)30-18/h4-5,10,12,21H,6-9,11H2,1-3H3. The first-order valence-corrected chi connectivity index (χ1v) is 9.88. The van der Waals surface area contributed by atoms with E-state index in [1.807, 2.05) is 6.07 Å². The first-order valence-electron chi connectivity index (χ1n) is 9.88. The number of carbonyl (C=O) groups excluding carboxylic acids is 4. The predicted molar refractivity (Wildman–Crippen MR) is 105 cm³/mol. The van der Waals surface area contributed by atoms with E-state index in [9.17, 15) is 19.2 Å². The summed E-state index contributed by atoms with van der Waals surface area (Å²) >= 11 is 0. The number of hydrogen-bond acceptors (Lipinski definition) is 9. The van der Waals surface area contributed by atoms with Gasteiger partial charge in [-0.05, 0) is 17.7 Å². The van der Waals surface area contributed by atoms with Crippen molar-refractivity contribution in [2.75, 3.05) is 13.2 Å². The molecule has 3 rings (SSSR count). The summed E-state index contributed by atoms with van der Waals surface area (Å²) in [4.78, 5) is 46.1. The lowest BCUT2D eigenvalue weighted by Gasteiger charge is -2.44. The van der Waals surface area contributed by atoms with Crippen LogP contribution in [0.1, 0.15) is 39.2 Å². The van der Waals surface area contributed by atoms with Crippen molar-refractivity contribution >= 4 is 23.7 Å². The zero-order valence-electron chi connectivity index (χ0n) is 17.6. The van der Waals surface area contributed by atoms with Crippen molar-refractivity contribution in [3.63, 3.8) is 0 Å². The molecule has 9 heteroatoms. The minimum atomic E-state index is -1.17. The number of carbonyl (C=O) groups is 4. The first kappa shape index (κ1) is 22.3. The first-order chi connectivity index (χ1) is 14.7. The molecule has 0 spiro atoms. The molecular weight excluding hydrogens is 408 g/mol. The van der Waals surface area contributed by atoms with Gasteiger partial charge in [0.1, 0.15) is 6.10 Å². The van der Waals surface area contributed by atoms with E-state index >= 15 is 0 Å². The summed E-state index contributed by atoms with van der Waals surface area (Å²) in [5.74, 6) is -1.06. The Labute approximate surface area is 179 Å². The van der Waals surface area contributed by atoms with E-state index in [-0.39, 0.29) is 43.6 Å². The van der Waals surface area contributed by atoms with Crippen molar-refractivity contribution in [2.24, 2.45) is 0 Å². The van der Waals surface area contributed by atoms with Gasteiger partial charge < -0.3 is 23.7 Å². The quantitative estimate of drug-likeness (QED) is 0.471. The number of rotatable bonds is 7. The Morgan fingerprint density at radius 2 is 1.74 bits per heavy atom. The van der Waals surface area contributed by atoms with E-state index in [0.29, 0.717) is 17.9 Å². The van der Waals surface area contributed by atoms with Crippen LogP contribution in [-0.2, 0) is 39.8 Å². The Morgan fingerprint density at radius 3 is 2.42 bits per heavy atom. The summed E-state index contributed by atoms with van der Waals surface area (Å²) in [5.41, 5.74) is -0.316. The predicted octanol–water partition coefficient (Wildman–Crippen LogP) is 2.04. The van der Waals surface area contributed by atoms with Crippen LogP contribution in [-0.4, -0.2) is 48.6 Å². The fraction of sp³-hybridized carbons (Fsp3) is 0.455. The lowest BCUT2D eigenvalue weighted by atomic mass is 9.82. The maximum Gasteiger partial charge on any atom is 0.308 e. The van der Waals surface area contributed by atoms with Crippen LogP contribution in [0, 0.1) is 0 Å². The number of benzene rings is 1. The molecular formula is C22H24O9. The Hall–Kier alpha value is -3.36. The Bertz CT molecular complexity index is 933. The van der Waals surface area contributed by atoms with Crippen molar-refractivity contribution in [1.82, 2.24) is 0 Å². The average Bonchev–Trinajstić information content (AvgIpc) is 2.66. The van der Waals surface area contributed by atoms with Crippen molar-refractivity contribution in [3.05, 3.63) is 35.6 Å². The van der Waals surface area contributed by atoms with E-state index in [4.69, 9.17) is 23.7 Å². The lowest BCUT2D eigenvalue weighted by Crippen LogP contribution is -2.56. The number of fused-ring (bicyclic) bond motifs is 2. The minimum Gasteiger partial charge on any atom is -0.482 e. The highest BCUT2D eigenvalue weighted by Crippen LogP contribution is 2.44. The van der Waals surface area contributed by atoms with Gasteiger partial charge in [-0.1, -0.05) is 6.07 Å². The van der Waals surface area contributed by atoms with E-state index in [1.165, 1.54) is 26.8 Å². The largest absolute Gasteiger partial charge is 0.482 e. The van der Waals surface area contributed by atoms with Crippen LogP contribution in [0.25, 0.3) is 0 Å². The van der Waals surface area contributed by atoms with Gasteiger partial charge in [-0.3, -0.25) is 19.2 Å². The molecule has 1 aromatic rings. The van der Waals surface area contributed by atoms with E-state index < -0.39 is 23.6 Å². The van der Waals surface area contributed by atoms with Crippen LogP contribution >= 0.6 is 0 Å². The van der Waals surface area contributed by atoms with Gasteiger partial charge in [0, 0.05) is 39.7 Å². The van der Waals surface area contributed by atoms with Crippen LogP contribution in [0.3, 0.4) is 0 Å². The maximum atomic E-state index is 12.4. The third-order valence-electron chi connectivity index (χ3n) is 4.89. The van der Waals surface area contributed by atoms with Crippen LogP contribution < -0.4 is 9.47 Å². The van der Waals surface area contributed by atoms with Gasteiger partial charge in [-0.15, -0.1) is 0 Å². The number of hydrogen-bond donors (Lipinski definition) is 0. The van der Waals surface area contributed by atoms with Gasteiger partial charge in [0.15, 0.2) is 22.9 Å². The van der Waals surface area contributed by atoms with Gasteiger partial charge in [0.25, 0.3) is 0 Å². The molecule has 2 aliphatic rings. The average molecular weight is 432 g/mol. The molecule has 0 bridgehead atoms. The van der Waals surface area contributed by atoms with Crippen LogP contribution in [0.15, 0.2) is 30.0 Å². The van der Waals surface area contributed by atoms with E-state index in [1.54, 1.807) is 12.1 Å². The highest BCUT2D eigenvalue weighted by Gasteiger charge is 2.50. The second-order valence-electron chi connectivity index (χ2n) is 7.35. The highest BCUT2D eigenvalue weighted by molar-refractivity contribution is 5.97. The molecule has 0 aromatic heterocycles. The Morgan fingerprint density at radius 1 is 1.03 bits per heavy atom. The summed E-state index contributed by atoms with van der Waals surface area (Å²) in [7, 11) is 0. The monoisotopic (exact) mass is 432 g/mol. The summed E-state index contributed by atoms with van der Waals surface area (Å²) in [6.07, 6.45) is 1.35. The molecule has 1 aliphatic carbocycles. The van der Waals surface area contributed by atoms with Crippen LogP contribution in [0.4, 0.5) is 0 Å². The van der Waals surface area contributed by atoms with Gasteiger partial charge in [0.05, 0.1) is 19.6 Å². The van der Waals surface area contributed by atoms with E-state index in [0.717, 1.165) is 5.56 Å². The molecule has 9 nitrogen and oxygen atoms in total. The van der Waals surface area contributed by atoms with Crippen molar-refractivity contribution in [3.8, 4) is 11.5 Å². The van der Waals surface area contributed by atoms with Crippen molar-refractivity contribution in [1.29, 1.82) is 0 Å². The lowest BCUT2D eigenvalue weighted by molar-refractivity contribution is -0.146. The number of ketones is 1.